The average molecular weight is 308 g/mol. The molecular weight excluding hydrogens is 292 g/mol. The van der Waals surface area contributed by atoms with Crippen molar-refractivity contribution < 1.29 is 14.7 Å². The second kappa shape index (κ2) is 5.61. The van der Waals surface area contributed by atoms with Gasteiger partial charge in [-0.1, -0.05) is 30.3 Å². The Kier molecular flexibility index (Phi) is 3.62. The normalized spacial score (nSPS) is 10.8. The summed E-state index contributed by atoms with van der Waals surface area (Å²) < 4.78 is 1.54. The third-order valence-corrected chi connectivity index (χ3v) is 3.95. The van der Waals surface area contributed by atoms with E-state index in [1.807, 2.05) is 30.3 Å². The number of Topliss-reactive ketones (excluding diaryl/α,β-unsaturated/α-hetero) is 1. The van der Waals surface area contributed by atoms with E-state index in [4.69, 9.17) is 5.73 Å². The van der Waals surface area contributed by atoms with Gasteiger partial charge < -0.3 is 15.2 Å². The van der Waals surface area contributed by atoms with Crippen molar-refractivity contribution in [3.8, 4) is 5.75 Å². The Morgan fingerprint density at radius 3 is 2.48 bits per heavy atom. The number of nitrogens with two attached hydrogens (primary N) is 1. The second-order valence-corrected chi connectivity index (χ2v) is 5.45. The fourth-order valence-corrected chi connectivity index (χ4v) is 2.86. The lowest BCUT2D eigenvalue weighted by molar-refractivity contribution is -0.114. The van der Waals surface area contributed by atoms with Gasteiger partial charge in [0.05, 0.1) is 6.20 Å². The number of hydrogen-bond acceptors (Lipinski definition) is 3. The number of fused-ring (bicyclic) bond motifs is 1. The molecular formula is C18H16N2O3. The molecule has 0 aliphatic rings. The van der Waals surface area contributed by atoms with E-state index in [1.54, 1.807) is 19.1 Å². The highest BCUT2D eigenvalue weighted by molar-refractivity contribution is 6.42. The van der Waals surface area contributed by atoms with E-state index < -0.39 is 11.7 Å². The van der Waals surface area contributed by atoms with E-state index in [0.717, 1.165) is 16.6 Å². The van der Waals surface area contributed by atoms with Crippen LogP contribution >= 0.6 is 0 Å². The van der Waals surface area contributed by atoms with E-state index in [2.05, 4.69) is 0 Å². The van der Waals surface area contributed by atoms with Crippen LogP contribution < -0.4 is 5.73 Å². The van der Waals surface area contributed by atoms with Gasteiger partial charge in [-0.2, -0.15) is 0 Å². The minimum Gasteiger partial charge on any atom is -0.506 e. The van der Waals surface area contributed by atoms with Crippen LogP contribution in [0.3, 0.4) is 0 Å². The second-order valence-electron chi connectivity index (χ2n) is 5.45. The number of carbonyl (C=O) groups is 2. The first-order valence-electron chi connectivity index (χ1n) is 7.19. The van der Waals surface area contributed by atoms with Gasteiger partial charge in [0.1, 0.15) is 11.4 Å². The molecule has 1 aromatic carbocycles. The molecule has 5 heteroatoms. The molecule has 2 aromatic heterocycles. The van der Waals surface area contributed by atoms with Crippen molar-refractivity contribution in [2.45, 2.75) is 13.3 Å². The molecule has 0 aliphatic carbocycles. The van der Waals surface area contributed by atoms with Crippen molar-refractivity contribution >= 4 is 17.2 Å². The molecule has 23 heavy (non-hydrogen) atoms. The summed E-state index contributed by atoms with van der Waals surface area (Å²) in [4.78, 5) is 23.5. The molecule has 0 unspecified atom stereocenters. The summed E-state index contributed by atoms with van der Waals surface area (Å²) >= 11 is 0. The molecule has 5 nitrogen and oxygen atoms in total. The maximum Gasteiger partial charge on any atom is 0.291 e. The van der Waals surface area contributed by atoms with Crippen LogP contribution in [0.4, 0.5) is 0 Å². The van der Waals surface area contributed by atoms with Crippen molar-refractivity contribution in [3.63, 3.8) is 0 Å². The van der Waals surface area contributed by atoms with Crippen LogP contribution in [0, 0.1) is 6.92 Å². The lowest BCUT2D eigenvalue weighted by atomic mass is 10.0. The first-order chi connectivity index (χ1) is 11.0. The summed E-state index contributed by atoms with van der Waals surface area (Å²) in [7, 11) is 0. The van der Waals surface area contributed by atoms with E-state index >= 15 is 0 Å². The Morgan fingerprint density at radius 2 is 1.83 bits per heavy atom. The van der Waals surface area contributed by atoms with Gasteiger partial charge in [-0.15, -0.1) is 0 Å². The van der Waals surface area contributed by atoms with Crippen molar-refractivity contribution in [1.29, 1.82) is 0 Å². The van der Waals surface area contributed by atoms with Gasteiger partial charge in [-0.25, -0.2) is 0 Å². The molecule has 3 aromatic rings. The monoisotopic (exact) mass is 308 g/mol. The van der Waals surface area contributed by atoms with E-state index in [0.29, 0.717) is 12.0 Å². The van der Waals surface area contributed by atoms with Crippen molar-refractivity contribution in [2.24, 2.45) is 5.73 Å². The molecule has 1 amide bonds. The first kappa shape index (κ1) is 14.8. The summed E-state index contributed by atoms with van der Waals surface area (Å²) in [6.45, 7) is 1.79. The quantitative estimate of drug-likeness (QED) is 0.572. The topological polar surface area (TPSA) is 84.8 Å². The van der Waals surface area contributed by atoms with Crippen molar-refractivity contribution in [3.05, 3.63) is 71.0 Å². The van der Waals surface area contributed by atoms with Crippen LogP contribution in [0.2, 0.25) is 0 Å². The van der Waals surface area contributed by atoms with Crippen LogP contribution in [0.25, 0.3) is 5.52 Å². The van der Waals surface area contributed by atoms with Crippen LogP contribution in [0.1, 0.15) is 27.2 Å². The minimum atomic E-state index is -1.01. The van der Waals surface area contributed by atoms with E-state index in [9.17, 15) is 14.7 Å². The van der Waals surface area contributed by atoms with Crippen LogP contribution in [0.15, 0.2) is 48.7 Å². The lowest BCUT2D eigenvalue weighted by Crippen LogP contribution is -2.25. The standard InChI is InChI=1S/C18H16N2O3/c1-11-14(9-12-5-3-2-4-6-12)15-8-7-13(21)10-20(15)16(11)17(22)18(19)23/h2-8,10,21H,9H2,1H3,(H2,19,23). The molecule has 0 spiro atoms. The maximum absolute atomic E-state index is 12.2. The third kappa shape index (κ3) is 2.57. The number of aromatic hydroxyl groups is 1. The van der Waals surface area contributed by atoms with Gasteiger partial charge in [0.15, 0.2) is 0 Å². The molecule has 0 saturated heterocycles. The Labute approximate surface area is 133 Å². The number of primary amides is 1. The molecule has 116 valence electrons. The Hall–Kier alpha value is -3.08. The fraction of sp³-hybridized carbons (Fsp3) is 0.111. The number of ketones is 1. The highest BCUT2D eigenvalue weighted by Crippen LogP contribution is 2.28. The number of nitrogens with zero attached hydrogens (tertiary/aromatic N) is 1. The Balaban J connectivity index is 2.24. The zero-order chi connectivity index (χ0) is 16.6. The van der Waals surface area contributed by atoms with Crippen LogP contribution in [-0.2, 0) is 11.2 Å². The Bertz CT molecular complexity index is 911. The third-order valence-electron chi connectivity index (χ3n) is 3.95. The molecule has 0 bridgehead atoms. The number of rotatable bonds is 4. The van der Waals surface area contributed by atoms with Gasteiger partial charge in [0.2, 0.25) is 0 Å². The maximum atomic E-state index is 12.2. The van der Waals surface area contributed by atoms with Gasteiger partial charge in [0.25, 0.3) is 11.7 Å². The number of carbonyl (C=O) groups excluding carboxylic acids is 2. The number of aromatic nitrogens is 1. The predicted molar refractivity (Wildman–Crippen MR) is 86.6 cm³/mol. The molecule has 0 radical (unpaired) electrons. The van der Waals surface area contributed by atoms with E-state index in [-0.39, 0.29) is 11.4 Å². The largest absolute Gasteiger partial charge is 0.506 e. The highest BCUT2D eigenvalue weighted by Gasteiger charge is 2.24. The van der Waals surface area contributed by atoms with Crippen LogP contribution in [-0.4, -0.2) is 21.2 Å². The fourth-order valence-electron chi connectivity index (χ4n) is 2.86. The van der Waals surface area contributed by atoms with Crippen molar-refractivity contribution in [2.75, 3.05) is 0 Å². The highest BCUT2D eigenvalue weighted by atomic mass is 16.3. The Morgan fingerprint density at radius 1 is 1.13 bits per heavy atom. The molecule has 3 rings (SSSR count). The lowest BCUT2D eigenvalue weighted by Gasteiger charge is -2.03. The number of benzene rings is 1. The predicted octanol–water partition coefficient (Wildman–Crippen LogP) is 2.21. The summed E-state index contributed by atoms with van der Waals surface area (Å²) in [5, 5.41) is 9.72. The zero-order valence-electron chi connectivity index (χ0n) is 12.6. The zero-order valence-corrected chi connectivity index (χ0v) is 12.6. The smallest absolute Gasteiger partial charge is 0.291 e. The average Bonchev–Trinajstić information content (AvgIpc) is 2.79. The summed E-state index contributed by atoms with van der Waals surface area (Å²) in [6.07, 6.45) is 2.04. The molecule has 0 aliphatic heterocycles. The van der Waals surface area contributed by atoms with Crippen molar-refractivity contribution in [1.82, 2.24) is 4.40 Å². The molecule has 0 fully saturated rings. The van der Waals surface area contributed by atoms with Gasteiger partial charge >= 0.3 is 0 Å². The molecule has 2 heterocycles. The molecule has 0 saturated carbocycles. The summed E-state index contributed by atoms with van der Waals surface area (Å²) in [6, 6.07) is 13.1. The molecule has 3 N–H and O–H groups in total. The summed E-state index contributed by atoms with van der Waals surface area (Å²) in [5.41, 5.74) is 8.86. The van der Waals surface area contributed by atoms with Gasteiger partial charge in [-0.3, -0.25) is 9.59 Å². The van der Waals surface area contributed by atoms with E-state index in [1.165, 1.54) is 10.6 Å². The van der Waals surface area contributed by atoms with Crippen LogP contribution in [0.5, 0.6) is 5.75 Å². The molecule has 0 atom stereocenters. The van der Waals surface area contributed by atoms with Gasteiger partial charge in [-0.05, 0) is 42.2 Å². The first-order valence-corrected chi connectivity index (χ1v) is 7.19. The minimum absolute atomic E-state index is 0.0114. The van der Waals surface area contributed by atoms with Gasteiger partial charge in [0, 0.05) is 5.52 Å². The number of pyridine rings is 1. The number of hydrogen-bond donors (Lipinski definition) is 2. The summed E-state index contributed by atoms with van der Waals surface area (Å²) in [5.74, 6) is -1.76. The number of amides is 1. The SMILES string of the molecule is Cc1c(Cc2ccccc2)c2ccc(O)cn2c1C(=O)C(N)=O.